The van der Waals surface area contributed by atoms with Crippen molar-refractivity contribution in [3.63, 3.8) is 0 Å². The molecule has 2 nitrogen and oxygen atoms in total. The Kier molecular flexibility index (Phi) is 4.00. The van der Waals surface area contributed by atoms with Crippen molar-refractivity contribution in [2.24, 2.45) is 5.90 Å². The SMILES string of the molecule is CC(CON)c1ccc(Cl)c(Cl)c1. The third-order valence-electron chi connectivity index (χ3n) is 1.86. The first-order chi connectivity index (χ1) is 6.15. The van der Waals surface area contributed by atoms with Crippen molar-refractivity contribution in [3.05, 3.63) is 33.8 Å². The van der Waals surface area contributed by atoms with Crippen LogP contribution in [0.3, 0.4) is 0 Å². The van der Waals surface area contributed by atoms with Gasteiger partial charge < -0.3 is 4.84 Å². The Labute approximate surface area is 87.5 Å². The van der Waals surface area contributed by atoms with Crippen LogP contribution < -0.4 is 5.90 Å². The molecule has 4 heteroatoms. The molecule has 1 rings (SSSR count). The molecule has 13 heavy (non-hydrogen) atoms. The van der Waals surface area contributed by atoms with Crippen LogP contribution in [-0.2, 0) is 4.84 Å². The van der Waals surface area contributed by atoms with Gasteiger partial charge in [0.15, 0.2) is 0 Å². The van der Waals surface area contributed by atoms with Crippen LogP contribution in [0.25, 0.3) is 0 Å². The van der Waals surface area contributed by atoms with Crippen molar-refractivity contribution in [1.82, 2.24) is 0 Å². The summed E-state index contributed by atoms with van der Waals surface area (Å²) >= 11 is 11.6. The van der Waals surface area contributed by atoms with Gasteiger partial charge >= 0.3 is 0 Å². The first kappa shape index (κ1) is 10.8. The van der Waals surface area contributed by atoms with Crippen LogP contribution in [0.4, 0.5) is 0 Å². The van der Waals surface area contributed by atoms with Crippen molar-refractivity contribution >= 4 is 23.2 Å². The molecule has 0 spiro atoms. The molecule has 0 radical (unpaired) electrons. The predicted octanol–water partition coefficient (Wildman–Crippen LogP) is 2.99. The molecule has 0 fully saturated rings. The van der Waals surface area contributed by atoms with E-state index in [1.54, 1.807) is 6.07 Å². The normalized spacial score (nSPS) is 12.9. The fourth-order valence-electron chi connectivity index (χ4n) is 1.06. The van der Waals surface area contributed by atoms with Crippen LogP contribution in [0.5, 0.6) is 0 Å². The lowest BCUT2D eigenvalue weighted by Crippen LogP contribution is -2.08. The van der Waals surface area contributed by atoms with E-state index in [0.29, 0.717) is 16.7 Å². The largest absolute Gasteiger partial charge is 0.304 e. The lowest BCUT2D eigenvalue weighted by atomic mass is 10.0. The molecule has 2 N–H and O–H groups in total. The van der Waals surface area contributed by atoms with Crippen LogP contribution in [0, 0.1) is 0 Å². The van der Waals surface area contributed by atoms with Gasteiger partial charge in [-0.15, -0.1) is 0 Å². The molecular formula is C9H11Cl2NO. The summed E-state index contributed by atoms with van der Waals surface area (Å²) in [5.41, 5.74) is 1.07. The molecule has 0 bridgehead atoms. The summed E-state index contributed by atoms with van der Waals surface area (Å²) < 4.78 is 0. The molecule has 1 atom stereocenters. The van der Waals surface area contributed by atoms with Crippen molar-refractivity contribution in [2.75, 3.05) is 6.61 Å². The Morgan fingerprint density at radius 1 is 1.38 bits per heavy atom. The topological polar surface area (TPSA) is 35.2 Å². The molecule has 1 unspecified atom stereocenters. The zero-order valence-electron chi connectivity index (χ0n) is 7.26. The molecule has 0 aliphatic heterocycles. The fraction of sp³-hybridized carbons (Fsp3) is 0.333. The second-order valence-corrected chi connectivity index (χ2v) is 3.72. The molecule has 1 aromatic rings. The Balaban J connectivity index is 2.84. The van der Waals surface area contributed by atoms with Crippen LogP contribution in [0.2, 0.25) is 10.0 Å². The average Bonchev–Trinajstić information content (AvgIpc) is 2.10. The van der Waals surface area contributed by atoms with Crippen molar-refractivity contribution in [3.8, 4) is 0 Å². The number of rotatable bonds is 3. The molecule has 0 heterocycles. The highest BCUT2D eigenvalue weighted by atomic mass is 35.5. The van der Waals surface area contributed by atoms with Crippen LogP contribution in [0.1, 0.15) is 18.4 Å². The maximum atomic E-state index is 5.85. The van der Waals surface area contributed by atoms with E-state index in [1.165, 1.54) is 0 Å². The summed E-state index contributed by atoms with van der Waals surface area (Å²) in [5.74, 6) is 5.20. The Morgan fingerprint density at radius 3 is 2.62 bits per heavy atom. The molecular weight excluding hydrogens is 209 g/mol. The van der Waals surface area contributed by atoms with E-state index in [-0.39, 0.29) is 5.92 Å². The van der Waals surface area contributed by atoms with Crippen molar-refractivity contribution in [2.45, 2.75) is 12.8 Å². The van der Waals surface area contributed by atoms with Crippen LogP contribution >= 0.6 is 23.2 Å². The number of hydrogen-bond donors (Lipinski definition) is 1. The molecule has 0 saturated heterocycles. The Morgan fingerprint density at radius 2 is 2.08 bits per heavy atom. The standard InChI is InChI=1S/C9H11Cl2NO/c1-6(5-13-12)7-2-3-8(10)9(11)4-7/h2-4,6H,5,12H2,1H3. The highest BCUT2D eigenvalue weighted by Gasteiger charge is 2.07. The molecule has 72 valence electrons. The van der Waals surface area contributed by atoms with Gasteiger partial charge in [0.05, 0.1) is 16.7 Å². The number of hydrogen-bond acceptors (Lipinski definition) is 2. The van der Waals surface area contributed by atoms with Crippen molar-refractivity contribution < 1.29 is 4.84 Å². The minimum absolute atomic E-state index is 0.222. The van der Waals surface area contributed by atoms with E-state index in [4.69, 9.17) is 29.1 Å². The van der Waals surface area contributed by atoms with Gasteiger partial charge in [0.2, 0.25) is 0 Å². The van der Waals surface area contributed by atoms with Gasteiger partial charge in [-0.05, 0) is 17.7 Å². The van der Waals surface area contributed by atoms with Gasteiger partial charge in [-0.25, -0.2) is 5.90 Å². The van der Waals surface area contributed by atoms with Gasteiger partial charge in [-0.2, -0.15) is 0 Å². The van der Waals surface area contributed by atoms with Gasteiger partial charge in [0.25, 0.3) is 0 Å². The van der Waals surface area contributed by atoms with Gasteiger partial charge in [-0.3, -0.25) is 0 Å². The summed E-state index contributed by atoms with van der Waals surface area (Å²) in [4.78, 5) is 4.55. The molecule has 0 saturated carbocycles. The Hall–Kier alpha value is -0.280. The summed E-state index contributed by atoms with van der Waals surface area (Å²) in [6, 6.07) is 5.51. The lowest BCUT2D eigenvalue weighted by molar-refractivity contribution is 0.126. The smallest absolute Gasteiger partial charge is 0.0745 e. The van der Waals surface area contributed by atoms with Gasteiger partial charge in [0.1, 0.15) is 0 Å². The molecule has 0 aromatic heterocycles. The van der Waals surface area contributed by atoms with Gasteiger partial charge in [-0.1, -0.05) is 36.2 Å². The summed E-state index contributed by atoms with van der Waals surface area (Å²) in [6.45, 7) is 2.48. The minimum atomic E-state index is 0.222. The third-order valence-corrected chi connectivity index (χ3v) is 2.60. The quantitative estimate of drug-likeness (QED) is 0.794. The zero-order valence-corrected chi connectivity index (χ0v) is 8.77. The molecule has 0 amide bonds. The average molecular weight is 220 g/mol. The first-order valence-corrected chi connectivity index (χ1v) is 4.67. The van der Waals surface area contributed by atoms with E-state index < -0.39 is 0 Å². The fourth-order valence-corrected chi connectivity index (χ4v) is 1.37. The number of nitrogens with two attached hydrogens (primary N) is 1. The molecule has 0 aliphatic carbocycles. The predicted molar refractivity (Wildman–Crippen MR) is 55.0 cm³/mol. The van der Waals surface area contributed by atoms with Crippen LogP contribution in [0.15, 0.2) is 18.2 Å². The van der Waals surface area contributed by atoms with E-state index in [0.717, 1.165) is 5.56 Å². The van der Waals surface area contributed by atoms with Crippen LogP contribution in [-0.4, -0.2) is 6.61 Å². The number of halogens is 2. The summed E-state index contributed by atoms with van der Waals surface area (Å²) in [5, 5.41) is 1.12. The maximum absolute atomic E-state index is 5.85. The van der Waals surface area contributed by atoms with E-state index in [1.807, 2.05) is 19.1 Å². The third kappa shape index (κ3) is 2.85. The lowest BCUT2D eigenvalue weighted by Gasteiger charge is -2.10. The highest BCUT2D eigenvalue weighted by Crippen LogP contribution is 2.26. The highest BCUT2D eigenvalue weighted by molar-refractivity contribution is 6.42. The maximum Gasteiger partial charge on any atom is 0.0745 e. The molecule has 0 aliphatic rings. The first-order valence-electron chi connectivity index (χ1n) is 3.91. The second-order valence-electron chi connectivity index (χ2n) is 2.91. The Bertz CT molecular complexity index is 291. The van der Waals surface area contributed by atoms with E-state index >= 15 is 0 Å². The second kappa shape index (κ2) is 4.82. The number of benzene rings is 1. The monoisotopic (exact) mass is 219 g/mol. The minimum Gasteiger partial charge on any atom is -0.304 e. The molecule has 1 aromatic carbocycles. The summed E-state index contributed by atoms with van der Waals surface area (Å²) in [7, 11) is 0. The van der Waals surface area contributed by atoms with E-state index in [2.05, 4.69) is 4.84 Å². The summed E-state index contributed by atoms with van der Waals surface area (Å²) in [6.07, 6.45) is 0. The van der Waals surface area contributed by atoms with Gasteiger partial charge in [0, 0.05) is 5.92 Å². The van der Waals surface area contributed by atoms with E-state index in [9.17, 15) is 0 Å². The zero-order chi connectivity index (χ0) is 9.84. The van der Waals surface area contributed by atoms with Crippen molar-refractivity contribution in [1.29, 1.82) is 0 Å².